The third-order valence-electron chi connectivity index (χ3n) is 2.44. The summed E-state index contributed by atoms with van der Waals surface area (Å²) in [5.41, 5.74) is 0.604. The van der Waals surface area contributed by atoms with Crippen molar-refractivity contribution in [2.45, 2.75) is 52.4 Å². The highest BCUT2D eigenvalue weighted by Gasteiger charge is 2.08. The van der Waals surface area contributed by atoms with Crippen LogP contribution in [0.15, 0.2) is 11.1 Å². The van der Waals surface area contributed by atoms with Gasteiger partial charge in [0.15, 0.2) is 0 Å². The molecule has 0 radical (unpaired) electrons. The molecule has 0 aromatic heterocycles. The maximum atomic E-state index is 10.6. The predicted molar refractivity (Wildman–Crippen MR) is 59.3 cm³/mol. The van der Waals surface area contributed by atoms with Gasteiger partial charge in [0.25, 0.3) is 0 Å². The van der Waals surface area contributed by atoms with Gasteiger partial charge in [-0.05, 0) is 19.8 Å². The molecule has 0 aliphatic heterocycles. The van der Waals surface area contributed by atoms with Crippen LogP contribution in [0.5, 0.6) is 0 Å². The number of carboxylic acid groups (broad SMARTS) is 1. The van der Waals surface area contributed by atoms with E-state index in [2.05, 4.69) is 6.92 Å². The summed E-state index contributed by atoms with van der Waals surface area (Å²) in [5.74, 6) is -0.986. The fraction of sp³-hybridized carbons (Fsp3) is 0.667. The Kier molecular flexibility index (Phi) is 7.35. The Bertz CT molecular complexity index is 274. The fourth-order valence-corrected chi connectivity index (χ4v) is 1.36. The number of allylic oxidation sites excluding steroid dienone is 1. The zero-order valence-corrected chi connectivity index (χ0v) is 9.55. The Balaban J connectivity index is 3.98. The normalized spacial score (nSPS) is 11.8. The molecule has 0 aliphatic carbocycles. The molecule has 0 rings (SSSR count). The van der Waals surface area contributed by atoms with Crippen LogP contribution in [0.2, 0.25) is 0 Å². The number of nitrogens with zero attached hydrogens (tertiary/aromatic N) is 1. The van der Waals surface area contributed by atoms with E-state index >= 15 is 0 Å². The number of hydrogen-bond acceptors (Lipinski definition) is 2. The minimum atomic E-state index is -0.986. The quantitative estimate of drug-likeness (QED) is 0.397. The standard InChI is InChI=1S/C12H19NO2/c1-3-4-5-6-7-8-11(9-13)10(2)12(14)15/h3-8H2,1-2H3,(H,14,15)/b11-10-. The van der Waals surface area contributed by atoms with Gasteiger partial charge < -0.3 is 5.11 Å². The van der Waals surface area contributed by atoms with Crippen molar-refractivity contribution in [1.82, 2.24) is 0 Å². The van der Waals surface area contributed by atoms with Crippen molar-refractivity contribution in [3.8, 4) is 6.07 Å². The second-order valence-electron chi connectivity index (χ2n) is 3.68. The molecule has 0 spiro atoms. The molecule has 0 saturated carbocycles. The molecule has 1 N–H and O–H groups in total. The van der Waals surface area contributed by atoms with Gasteiger partial charge in [-0.3, -0.25) is 0 Å². The van der Waals surface area contributed by atoms with Crippen LogP contribution in [-0.2, 0) is 4.79 Å². The summed E-state index contributed by atoms with van der Waals surface area (Å²) in [4.78, 5) is 10.6. The number of nitriles is 1. The molecule has 15 heavy (non-hydrogen) atoms. The van der Waals surface area contributed by atoms with Crippen molar-refractivity contribution in [3.05, 3.63) is 11.1 Å². The second kappa shape index (κ2) is 8.05. The first-order valence-corrected chi connectivity index (χ1v) is 5.46. The van der Waals surface area contributed by atoms with Gasteiger partial charge in [-0.25, -0.2) is 4.79 Å². The van der Waals surface area contributed by atoms with Crippen molar-refractivity contribution in [2.24, 2.45) is 0 Å². The topological polar surface area (TPSA) is 61.1 Å². The van der Waals surface area contributed by atoms with Gasteiger partial charge in [-0.15, -0.1) is 0 Å². The molecule has 0 heterocycles. The number of unbranched alkanes of at least 4 members (excludes halogenated alkanes) is 4. The van der Waals surface area contributed by atoms with E-state index in [0.29, 0.717) is 12.0 Å². The molecule has 0 aromatic rings. The Morgan fingerprint density at radius 3 is 2.33 bits per heavy atom. The van der Waals surface area contributed by atoms with Crippen LogP contribution in [0.25, 0.3) is 0 Å². The van der Waals surface area contributed by atoms with Crippen LogP contribution in [0, 0.1) is 11.3 Å². The highest BCUT2D eigenvalue weighted by molar-refractivity contribution is 5.87. The first kappa shape index (κ1) is 13.7. The average Bonchev–Trinajstić information content (AvgIpc) is 2.22. The number of carboxylic acids is 1. The lowest BCUT2D eigenvalue weighted by molar-refractivity contribution is -0.132. The molecule has 0 amide bonds. The summed E-state index contributed by atoms with van der Waals surface area (Å²) >= 11 is 0. The van der Waals surface area contributed by atoms with E-state index in [9.17, 15) is 4.79 Å². The lowest BCUT2D eigenvalue weighted by atomic mass is 10.0. The smallest absolute Gasteiger partial charge is 0.332 e. The summed E-state index contributed by atoms with van der Waals surface area (Å²) in [6, 6.07) is 1.97. The molecular weight excluding hydrogens is 190 g/mol. The van der Waals surface area contributed by atoms with Gasteiger partial charge >= 0.3 is 5.97 Å². The number of hydrogen-bond donors (Lipinski definition) is 1. The monoisotopic (exact) mass is 209 g/mol. The Morgan fingerprint density at radius 2 is 1.87 bits per heavy atom. The lowest BCUT2D eigenvalue weighted by Crippen LogP contribution is -2.00. The summed E-state index contributed by atoms with van der Waals surface area (Å²) in [5, 5.41) is 17.5. The molecule has 0 atom stereocenters. The van der Waals surface area contributed by atoms with Gasteiger partial charge in [0.2, 0.25) is 0 Å². The molecule has 3 heteroatoms. The van der Waals surface area contributed by atoms with Crippen molar-refractivity contribution in [1.29, 1.82) is 5.26 Å². The van der Waals surface area contributed by atoms with Crippen LogP contribution in [0.1, 0.15) is 52.4 Å². The average molecular weight is 209 g/mol. The van der Waals surface area contributed by atoms with E-state index < -0.39 is 5.97 Å². The van der Waals surface area contributed by atoms with Gasteiger partial charge in [0.05, 0.1) is 6.07 Å². The van der Waals surface area contributed by atoms with Gasteiger partial charge in [0.1, 0.15) is 0 Å². The molecule has 0 fully saturated rings. The zero-order chi connectivity index (χ0) is 11.7. The zero-order valence-electron chi connectivity index (χ0n) is 9.55. The molecule has 3 nitrogen and oxygen atoms in total. The van der Waals surface area contributed by atoms with Crippen molar-refractivity contribution >= 4 is 5.97 Å². The maximum absolute atomic E-state index is 10.6. The van der Waals surface area contributed by atoms with Gasteiger partial charge in [-0.2, -0.15) is 5.26 Å². The van der Waals surface area contributed by atoms with Gasteiger partial charge in [0, 0.05) is 11.1 Å². The summed E-state index contributed by atoms with van der Waals surface area (Å²) in [6.45, 7) is 3.64. The first-order chi connectivity index (χ1) is 7.13. The molecule has 84 valence electrons. The highest BCUT2D eigenvalue weighted by atomic mass is 16.4. The van der Waals surface area contributed by atoms with Crippen LogP contribution in [-0.4, -0.2) is 11.1 Å². The van der Waals surface area contributed by atoms with E-state index in [-0.39, 0.29) is 5.57 Å². The predicted octanol–water partition coefficient (Wildman–Crippen LogP) is 3.27. The lowest BCUT2D eigenvalue weighted by Gasteiger charge is -2.01. The minimum absolute atomic E-state index is 0.188. The summed E-state index contributed by atoms with van der Waals surface area (Å²) < 4.78 is 0. The molecule has 0 aromatic carbocycles. The molecule has 0 aliphatic rings. The van der Waals surface area contributed by atoms with Crippen molar-refractivity contribution < 1.29 is 9.90 Å². The Labute approximate surface area is 91.4 Å². The van der Waals surface area contributed by atoms with Crippen molar-refractivity contribution in [3.63, 3.8) is 0 Å². The van der Waals surface area contributed by atoms with Crippen LogP contribution < -0.4 is 0 Å². The number of rotatable bonds is 7. The third kappa shape index (κ3) is 5.90. The third-order valence-corrected chi connectivity index (χ3v) is 2.44. The fourth-order valence-electron chi connectivity index (χ4n) is 1.36. The van der Waals surface area contributed by atoms with E-state index in [0.717, 1.165) is 12.8 Å². The van der Waals surface area contributed by atoms with Crippen LogP contribution >= 0.6 is 0 Å². The van der Waals surface area contributed by atoms with E-state index in [1.54, 1.807) is 0 Å². The largest absolute Gasteiger partial charge is 0.478 e. The van der Waals surface area contributed by atoms with E-state index in [1.807, 2.05) is 6.07 Å². The molecule has 0 unspecified atom stereocenters. The second-order valence-corrected chi connectivity index (χ2v) is 3.68. The van der Waals surface area contributed by atoms with E-state index in [4.69, 9.17) is 10.4 Å². The Hall–Kier alpha value is -1.30. The first-order valence-electron chi connectivity index (χ1n) is 5.46. The maximum Gasteiger partial charge on any atom is 0.332 e. The SMILES string of the molecule is CCCCCCC/C(C#N)=C(\C)C(=O)O. The molecule has 0 bridgehead atoms. The van der Waals surface area contributed by atoms with E-state index in [1.165, 1.54) is 26.2 Å². The van der Waals surface area contributed by atoms with Crippen LogP contribution in [0.3, 0.4) is 0 Å². The van der Waals surface area contributed by atoms with Gasteiger partial charge in [-0.1, -0.05) is 32.6 Å². The number of carbonyl (C=O) groups is 1. The summed E-state index contributed by atoms with van der Waals surface area (Å²) in [7, 11) is 0. The van der Waals surface area contributed by atoms with Crippen molar-refractivity contribution in [2.75, 3.05) is 0 Å². The van der Waals surface area contributed by atoms with Crippen LogP contribution in [0.4, 0.5) is 0 Å². The number of aliphatic carboxylic acids is 1. The summed E-state index contributed by atoms with van der Waals surface area (Å²) in [6.07, 6.45) is 6.15. The Morgan fingerprint density at radius 1 is 1.27 bits per heavy atom. The molecular formula is C12H19NO2. The highest BCUT2D eigenvalue weighted by Crippen LogP contribution is 2.14. The molecule has 0 saturated heterocycles. The minimum Gasteiger partial charge on any atom is -0.478 e.